The highest BCUT2D eigenvalue weighted by Crippen LogP contribution is 2.42. The predicted octanol–water partition coefficient (Wildman–Crippen LogP) is 3.10. The van der Waals surface area contributed by atoms with Gasteiger partial charge in [-0.05, 0) is 29.8 Å². The minimum Gasteiger partial charge on any atom is -0.492 e. The Hall–Kier alpha value is -2.04. The molecule has 5 heteroatoms. The lowest BCUT2D eigenvalue weighted by Gasteiger charge is -2.27. The van der Waals surface area contributed by atoms with Crippen molar-refractivity contribution in [1.29, 1.82) is 0 Å². The molecule has 23 heavy (non-hydrogen) atoms. The van der Waals surface area contributed by atoms with Gasteiger partial charge in [0.15, 0.2) is 0 Å². The number of nitrogens with zero attached hydrogens (tertiary/aromatic N) is 2. The zero-order valence-electron chi connectivity index (χ0n) is 12.8. The summed E-state index contributed by atoms with van der Waals surface area (Å²) in [5, 5.41) is 0.675. The van der Waals surface area contributed by atoms with Crippen molar-refractivity contribution in [2.45, 2.75) is 6.04 Å². The maximum atomic E-state index is 12.6. The van der Waals surface area contributed by atoms with Gasteiger partial charge in [-0.2, -0.15) is 0 Å². The van der Waals surface area contributed by atoms with Crippen molar-refractivity contribution in [1.82, 2.24) is 4.90 Å². The van der Waals surface area contributed by atoms with E-state index in [0.717, 1.165) is 22.6 Å². The first kappa shape index (κ1) is 14.5. The lowest BCUT2D eigenvalue weighted by molar-refractivity contribution is -0.119. The molecule has 1 amide bonds. The first-order chi connectivity index (χ1) is 11.1. The van der Waals surface area contributed by atoms with E-state index < -0.39 is 0 Å². The van der Waals surface area contributed by atoms with E-state index in [0.29, 0.717) is 24.7 Å². The minimum absolute atomic E-state index is 0.0312. The molecule has 0 spiro atoms. The number of hydrogen-bond acceptors (Lipinski definition) is 3. The summed E-state index contributed by atoms with van der Waals surface area (Å²) >= 11 is 6.26. The van der Waals surface area contributed by atoms with E-state index in [4.69, 9.17) is 16.3 Å². The zero-order valence-corrected chi connectivity index (χ0v) is 13.6. The molecule has 118 valence electrons. The SMILES string of the molecule is CN1C(=O)CN2CCOc3ccccc3C2c2cc(Cl)ccc21. The highest BCUT2D eigenvalue weighted by Gasteiger charge is 2.35. The van der Waals surface area contributed by atoms with Crippen LogP contribution < -0.4 is 9.64 Å². The Labute approximate surface area is 140 Å². The highest BCUT2D eigenvalue weighted by atomic mass is 35.5. The number of anilines is 1. The summed E-state index contributed by atoms with van der Waals surface area (Å²) in [6, 6.07) is 13.7. The van der Waals surface area contributed by atoms with Crippen LogP contribution in [-0.2, 0) is 4.79 Å². The van der Waals surface area contributed by atoms with Gasteiger partial charge >= 0.3 is 0 Å². The summed E-state index contributed by atoms with van der Waals surface area (Å²) in [5.41, 5.74) is 3.03. The maximum absolute atomic E-state index is 12.6. The fraction of sp³-hybridized carbons (Fsp3) is 0.278. The molecule has 0 aliphatic carbocycles. The molecule has 0 radical (unpaired) electrons. The minimum atomic E-state index is -0.0312. The molecule has 0 saturated heterocycles. The van der Waals surface area contributed by atoms with E-state index in [9.17, 15) is 4.79 Å². The second-order valence-corrected chi connectivity index (χ2v) is 6.35. The van der Waals surface area contributed by atoms with Gasteiger partial charge in [0.1, 0.15) is 12.4 Å². The number of ether oxygens (including phenoxy) is 1. The Balaban J connectivity index is 1.98. The summed E-state index contributed by atoms with van der Waals surface area (Å²) in [7, 11) is 1.82. The molecule has 2 aromatic rings. The Morgan fingerprint density at radius 3 is 2.87 bits per heavy atom. The molecule has 4 nitrogen and oxygen atoms in total. The number of fused-ring (bicyclic) bond motifs is 5. The van der Waals surface area contributed by atoms with Crippen molar-refractivity contribution < 1.29 is 9.53 Å². The molecule has 2 heterocycles. The van der Waals surface area contributed by atoms with Gasteiger partial charge in [0.25, 0.3) is 0 Å². The second-order valence-electron chi connectivity index (χ2n) is 5.92. The summed E-state index contributed by atoms with van der Waals surface area (Å²) in [6.45, 7) is 1.64. The fourth-order valence-corrected chi connectivity index (χ4v) is 3.62. The van der Waals surface area contributed by atoms with Gasteiger partial charge in [-0.1, -0.05) is 29.8 Å². The largest absolute Gasteiger partial charge is 0.492 e. The number of carbonyl (C=O) groups excluding carboxylic acids is 1. The van der Waals surface area contributed by atoms with Crippen LogP contribution in [-0.4, -0.2) is 37.6 Å². The molecular formula is C18H17ClN2O2. The van der Waals surface area contributed by atoms with Gasteiger partial charge in [-0.3, -0.25) is 9.69 Å². The number of benzene rings is 2. The van der Waals surface area contributed by atoms with Gasteiger partial charge in [0, 0.05) is 29.9 Å². The van der Waals surface area contributed by atoms with Gasteiger partial charge < -0.3 is 9.64 Å². The number of rotatable bonds is 0. The number of amides is 1. The Kier molecular flexibility index (Phi) is 3.51. The van der Waals surface area contributed by atoms with Crippen LogP contribution in [0.1, 0.15) is 17.2 Å². The quantitative estimate of drug-likeness (QED) is 0.745. The van der Waals surface area contributed by atoms with Crippen molar-refractivity contribution >= 4 is 23.2 Å². The predicted molar refractivity (Wildman–Crippen MR) is 90.2 cm³/mol. The van der Waals surface area contributed by atoms with Crippen LogP contribution in [0.25, 0.3) is 0 Å². The van der Waals surface area contributed by atoms with Crippen LogP contribution in [0.15, 0.2) is 42.5 Å². The summed E-state index contributed by atoms with van der Waals surface area (Å²) in [5.74, 6) is 0.957. The Morgan fingerprint density at radius 2 is 2.00 bits per heavy atom. The standard InChI is InChI=1S/C18H17ClN2O2/c1-20-15-7-6-12(19)10-14(15)18-13-4-2-3-5-16(13)23-9-8-21(18)11-17(20)22/h2-7,10,18H,8-9,11H2,1H3. The normalized spacial score (nSPS) is 20.7. The number of likely N-dealkylation sites (N-methyl/N-ethyl adjacent to an activating group) is 1. The average Bonchev–Trinajstić information content (AvgIpc) is 2.77. The zero-order chi connectivity index (χ0) is 16.0. The molecule has 2 aromatic carbocycles. The second kappa shape index (κ2) is 5.55. The van der Waals surface area contributed by atoms with Crippen molar-refractivity contribution in [2.75, 3.05) is 31.6 Å². The van der Waals surface area contributed by atoms with E-state index in [1.165, 1.54) is 0 Å². The van der Waals surface area contributed by atoms with Crippen LogP contribution in [0.5, 0.6) is 5.75 Å². The molecule has 2 aliphatic heterocycles. The topological polar surface area (TPSA) is 32.8 Å². The van der Waals surface area contributed by atoms with Crippen molar-refractivity contribution in [3.63, 3.8) is 0 Å². The van der Waals surface area contributed by atoms with Crippen LogP contribution in [0, 0.1) is 0 Å². The molecule has 4 rings (SSSR count). The third-order valence-electron chi connectivity index (χ3n) is 4.57. The third kappa shape index (κ3) is 2.38. The molecule has 0 saturated carbocycles. The molecule has 0 N–H and O–H groups in total. The lowest BCUT2D eigenvalue weighted by atomic mass is 9.95. The third-order valence-corrected chi connectivity index (χ3v) is 4.81. The monoisotopic (exact) mass is 328 g/mol. The first-order valence-electron chi connectivity index (χ1n) is 7.67. The number of hydrogen-bond donors (Lipinski definition) is 0. The molecule has 0 aromatic heterocycles. The summed E-state index contributed by atoms with van der Waals surface area (Å²) in [6.07, 6.45) is 0. The smallest absolute Gasteiger partial charge is 0.240 e. The Morgan fingerprint density at radius 1 is 1.17 bits per heavy atom. The number of para-hydroxylation sites is 1. The van der Waals surface area contributed by atoms with Crippen LogP contribution in [0.3, 0.4) is 0 Å². The molecule has 1 unspecified atom stereocenters. The molecular weight excluding hydrogens is 312 g/mol. The first-order valence-corrected chi connectivity index (χ1v) is 8.05. The van der Waals surface area contributed by atoms with Gasteiger partial charge in [-0.25, -0.2) is 0 Å². The summed E-state index contributed by atoms with van der Waals surface area (Å²) < 4.78 is 5.89. The molecule has 0 fully saturated rings. The van der Waals surface area contributed by atoms with E-state index in [-0.39, 0.29) is 11.9 Å². The molecule has 1 atom stereocenters. The van der Waals surface area contributed by atoms with Crippen LogP contribution in [0.2, 0.25) is 5.02 Å². The fourth-order valence-electron chi connectivity index (χ4n) is 3.44. The average molecular weight is 329 g/mol. The van der Waals surface area contributed by atoms with E-state index in [2.05, 4.69) is 11.0 Å². The van der Waals surface area contributed by atoms with Gasteiger partial charge in [-0.15, -0.1) is 0 Å². The van der Waals surface area contributed by atoms with Crippen molar-refractivity contribution in [3.05, 3.63) is 58.6 Å². The summed E-state index contributed by atoms with van der Waals surface area (Å²) in [4.78, 5) is 16.5. The Bertz CT molecular complexity index is 777. The van der Waals surface area contributed by atoms with E-state index in [1.807, 2.05) is 43.4 Å². The number of carbonyl (C=O) groups is 1. The van der Waals surface area contributed by atoms with Crippen LogP contribution >= 0.6 is 11.6 Å². The molecule has 0 bridgehead atoms. The van der Waals surface area contributed by atoms with Gasteiger partial charge in [0.2, 0.25) is 5.91 Å². The number of halogens is 1. The maximum Gasteiger partial charge on any atom is 0.240 e. The van der Waals surface area contributed by atoms with Crippen molar-refractivity contribution in [3.8, 4) is 5.75 Å². The van der Waals surface area contributed by atoms with Crippen LogP contribution in [0.4, 0.5) is 5.69 Å². The lowest BCUT2D eigenvalue weighted by Crippen LogP contribution is -2.38. The van der Waals surface area contributed by atoms with Gasteiger partial charge in [0.05, 0.1) is 12.6 Å². The molecule has 2 aliphatic rings. The van der Waals surface area contributed by atoms with E-state index >= 15 is 0 Å². The highest BCUT2D eigenvalue weighted by molar-refractivity contribution is 6.30. The van der Waals surface area contributed by atoms with E-state index in [1.54, 1.807) is 4.90 Å². The van der Waals surface area contributed by atoms with Crippen molar-refractivity contribution in [2.24, 2.45) is 0 Å².